The van der Waals surface area contributed by atoms with Crippen LogP contribution in [0, 0.1) is 0 Å². The molecule has 2 N–H and O–H groups in total. The molecular weight excluding hydrogens is 476 g/mol. The number of phenols is 2. The molecule has 0 bridgehead atoms. The minimum atomic E-state index is -1.39. The van der Waals surface area contributed by atoms with Gasteiger partial charge in [-0.1, -0.05) is 36.4 Å². The molecule has 0 amide bonds. The zero-order chi connectivity index (χ0) is 26.1. The quantitative estimate of drug-likeness (QED) is 0.363. The maximum absolute atomic E-state index is 11.7. The molecule has 0 saturated heterocycles. The molecule has 0 aliphatic carbocycles. The van der Waals surface area contributed by atoms with Crippen molar-refractivity contribution < 1.29 is 34.4 Å². The Bertz CT molecular complexity index is 1550. The monoisotopic (exact) mass is 492 g/mol. The molecule has 4 aromatic carbocycles. The first kappa shape index (κ1) is 23.3. The third-order valence-corrected chi connectivity index (χ3v) is 5.71. The van der Waals surface area contributed by atoms with Gasteiger partial charge in [0.15, 0.2) is 0 Å². The molecule has 5 rings (SSSR count). The normalized spacial score (nSPS) is 10.8. The first-order chi connectivity index (χ1) is 17.8. The van der Waals surface area contributed by atoms with E-state index in [2.05, 4.69) is 10.2 Å². The molecule has 0 unspecified atom stereocenters. The van der Waals surface area contributed by atoms with E-state index in [0.29, 0.717) is 22.3 Å². The van der Waals surface area contributed by atoms with Crippen LogP contribution in [0.1, 0.15) is 20.7 Å². The minimum absolute atomic E-state index is 0.0326. The van der Waals surface area contributed by atoms with E-state index in [9.17, 15) is 30.0 Å². The second kappa shape index (κ2) is 9.31. The number of nitrogens with zero attached hydrogens (tertiary/aromatic N) is 2. The Hall–Kier alpha value is -5.44. The van der Waals surface area contributed by atoms with E-state index in [4.69, 9.17) is 4.42 Å². The lowest BCUT2D eigenvalue weighted by Crippen LogP contribution is -2.23. The van der Waals surface area contributed by atoms with Gasteiger partial charge < -0.3 is 34.4 Å². The second-order valence-corrected chi connectivity index (χ2v) is 8.11. The van der Waals surface area contributed by atoms with Crippen LogP contribution in [0.3, 0.4) is 0 Å². The highest BCUT2D eigenvalue weighted by molar-refractivity contribution is 5.97. The third kappa shape index (κ3) is 4.61. The van der Waals surface area contributed by atoms with Gasteiger partial charge in [0.2, 0.25) is 11.8 Å². The van der Waals surface area contributed by atoms with Crippen LogP contribution in [0.2, 0.25) is 0 Å². The lowest BCUT2D eigenvalue weighted by Gasteiger charge is -2.12. The Morgan fingerprint density at radius 2 is 1.03 bits per heavy atom. The Kier molecular flexibility index (Phi) is 5.86. The molecule has 0 spiro atoms. The van der Waals surface area contributed by atoms with Gasteiger partial charge in [0.1, 0.15) is 11.5 Å². The summed E-state index contributed by atoms with van der Waals surface area (Å²) < 4.78 is 5.84. The van der Waals surface area contributed by atoms with Crippen molar-refractivity contribution in [3.63, 3.8) is 0 Å². The van der Waals surface area contributed by atoms with Gasteiger partial charge in [-0.2, -0.15) is 0 Å². The van der Waals surface area contributed by atoms with Crippen molar-refractivity contribution in [2.75, 3.05) is 0 Å². The Morgan fingerprint density at radius 1 is 0.595 bits per heavy atom. The Balaban J connectivity index is 1.57. The number of aromatic nitrogens is 2. The van der Waals surface area contributed by atoms with Gasteiger partial charge in [0, 0.05) is 22.3 Å². The fraction of sp³-hybridized carbons (Fsp3) is 0. The van der Waals surface area contributed by atoms with Crippen molar-refractivity contribution in [2.24, 2.45) is 0 Å². The van der Waals surface area contributed by atoms with Crippen molar-refractivity contribution in [2.45, 2.75) is 0 Å². The van der Waals surface area contributed by atoms with Gasteiger partial charge in [0.05, 0.1) is 11.9 Å². The van der Waals surface area contributed by atoms with Crippen LogP contribution in [0.15, 0.2) is 89.3 Å². The number of hydrogen-bond acceptors (Lipinski definition) is 9. The summed E-state index contributed by atoms with van der Waals surface area (Å²) in [6, 6.07) is 21.0. The highest BCUT2D eigenvalue weighted by Crippen LogP contribution is 2.34. The molecule has 1 aromatic heterocycles. The highest BCUT2D eigenvalue weighted by Gasteiger charge is 2.16. The van der Waals surface area contributed by atoms with E-state index in [1.54, 1.807) is 24.3 Å². The number of benzene rings is 4. The van der Waals surface area contributed by atoms with Gasteiger partial charge in [0.25, 0.3) is 0 Å². The van der Waals surface area contributed by atoms with Crippen LogP contribution < -0.4 is 10.2 Å². The number of carbonyl (C=O) groups excluding carboxylic acids is 2. The van der Waals surface area contributed by atoms with Crippen LogP contribution in [-0.4, -0.2) is 32.3 Å². The van der Waals surface area contributed by atoms with E-state index in [1.165, 1.54) is 60.7 Å². The summed E-state index contributed by atoms with van der Waals surface area (Å²) in [5, 5.41) is 51.2. The Labute approximate surface area is 209 Å². The number of aromatic carboxylic acids is 2. The largest absolute Gasteiger partial charge is 0.545 e. The molecule has 37 heavy (non-hydrogen) atoms. The fourth-order valence-electron chi connectivity index (χ4n) is 3.99. The van der Waals surface area contributed by atoms with Gasteiger partial charge in [-0.15, -0.1) is 10.2 Å². The SMILES string of the molecule is O=C([O-])c1ccc(-c2nnc(-c3ccc(C(=O)[O-])c(-c4cccc(O)c4)c3)o2)cc1-c1cccc(O)c1. The minimum Gasteiger partial charge on any atom is -0.545 e. The summed E-state index contributed by atoms with van der Waals surface area (Å²) in [5.74, 6) is -2.66. The number of carboxylic acids is 2. The van der Waals surface area contributed by atoms with Crippen molar-refractivity contribution in [1.82, 2.24) is 10.2 Å². The predicted molar refractivity (Wildman–Crippen MR) is 128 cm³/mol. The average molecular weight is 492 g/mol. The molecule has 182 valence electrons. The molecule has 0 aliphatic heterocycles. The van der Waals surface area contributed by atoms with Gasteiger partial charge in [-0.25, -0.2) is 0 Å². The predicted octanol–water partition coefficient (Wildman–Crippen LogP) is 2.88. The summed E-state index contributed by atoms with van der Waals surface area (Å²) in [6.45, 7) is 0. The van der Waals surface area contributed by atoms with Crippen molar-refractivity contribution >= 4 is 11.9 Å². The van der Waals surface area contributed by atoms with E-state index in [1.807, 2.05) is 0 Å². The topological polar surface area (TPSA) is 160 Å². The lowest BCUT2D eigenvalue weighted by molar-refractivity contribution is -0.256. The zero-order valence-corrected chi connectivity index (χ0v) is 18.9. The highest BCUT2D eigenvalue weighted by atomic mass is 16.4. The molecule has 9 nitrogen and oxygen atoms in total. The molecule has 0 aliphatic rings. The molecule has 9 heteroatoms. The third-order valence-electron chi connectivity index (χ3n) is 5.71. The van der Waals surface area contributed by atoms with E-state index < -0.39 is 11.9 Å². The molecule has 0 fully saturated rings. The number of rotatable bonds is 6. The standard InChI is InChI=1S/C28H18N2O7/c31-19-5-1-3-15(11-19)23-13-17(7-9-21(23)27(33)34)25-29-30-26(37-25)18-8-10-22(28(35)36)24(14-18)16-4-2-6-20(32)12-16/h1-14,31-32H,(H,33,34)(H,35,36)/p-2. The number of aromatic hydroxyl groups is 2. The second-order valence-electron chi connectivity index (χ2n) is 8.11. The van der Waals surface area contributed by atoms with E-state index in [-0.39, 0.29) is 45.5 Å². The summed E-state index contributed by atoms with van der Waals surface area (Å²) in [6.07, 6.45) is 0. The lowest BCUT2D eigenvalue weighted by atomic mass is 9.97. The average Bonchev–Trinajstić information content (AvgIpc) is 3.38. The van der Waals surface area contributed by atoms with Crippen LogP contribution in [0.5, 0.6) is 11.5 Å². The van der Waals surface area contributed by atoms with Crippen LogP contribution >= 0.6 is 0 Å². The van der Waals surface area contributed by atoms with Crippen LogP contribution in [-0.2, 0) is 0 Å². The zero-order valence-electron chi connectivity index (χ0n) is 18.9. The molecular formula is C28H16N2O7-2. The summed E-state index contributed by atoms with van der Waals surface area (Å²) in [4.78, 5) is 23.4. The van der Waals surface area contributed by atoms with E-state index >= 15 is 0 Å². The molecule has 1 heterocycles. The van der Waals surface area contributed by atoms with Crippen LogP contribution in [0.25, 0.3) is 45.2 Å². The first-order valence-corrected chi connectivity index (χ1v) is 10.9. The van der Waals surface area contributed by atoms with Gasteiger partial charge in [-0.3, -0.25) is 0 Å². The van der Waals surface area contributed by atoms with Crippen LogP contribution in [0.4, 0.5) is 0 Å². The Morgan fingerprint density at radius 3 is 1.41 bits per heavy atom. The molecule has 5 aromatic rings. The summed E-state index contributed by atoms with van der Waals surface area (Å²) in [7, 11) is 0. The van der Waals surface area contributed by atoms with Crippen molar-refractivity contribution in [3.05, 3.63) is 96.1 Å². The maximum atomic E-state index is 11.7. The summed E-state index contributed by atoms with van der Waals surface area (Å²) >= 11 is 0. The van der Waals surface area contributed by atoms with Crippen molar-refractivity contribution in [3.8, 4) is 56.7 Å². The summed E-state index contributed by atoms with van der Waals surface area (Å²) in [5.41, 5.74) is 2.16. The first-order valence-electron chi connectivity index (χ1n) is 10.9. The smallest absolute Gasteiger partial charge is 0.248 e. The number of hydrogen-bond donors (Lipinski definition) is 2. The van der Waals surface area contributed by atoms with Gasteiger partial charge in [-0.05, 0) is 70.8 Å². The fourth-order valence-corrected chi connectivity index (χ4v) is 3.99. The molecule has 0 radical (unpaired) electrons. The number of carboxylic acid groups (broad SMARTS) is 2. The van der Waals surface area contributed by atoms with Gasteiger partial charge >= 0.3 is 0 Å². The molecule has 0 saturated carbocycles. The van der Waals surface area contributed by atoms with E-state index in [0.717, 1.165) is 0 Å². The number of phenolic OH excluding ortho intramolecular Hbond substituents is 2. The molecule has 0 atom stereocenters. The van der Waals surface area contributed by atoms with Crippen molar-refractivity contribution in [1.29, 1.82) is 0 Å². The number of carbonyl (C=O) groups is 2. The maximum Gasteiger partial charge on any atom is 0.248 e.